The number of hydrogen-bond donors (Lipinski definition) is 0. The Kier molecular flexibility index (Phi) is 4.37. The van der Waals surface area contributed by atoms with E-state index in [1.807, 2.05) is 0 Å². The Morgan fingerprint density at radius 2 is 1.75 bits per heavy atom. The summed E-state index contributed by atoms with van der Waals surface area (Å²) in [7, 11) is 0. The minimum atomic E-state index is -4.40. The summed E-state index contributed by atoms with van der Waals surface area (Å²) in [6, 6.07) is 5.96. The first kappa shape index (κ1) is 13.9. The fraction of sp³-hybridized carbons (Fsp3) is 0.333. The molecule has 0 bridgehead atoms. The summed E-state index contributed by atoms with van der Waals surface area (Å²) in [5.41, 5.74) is 0.225. The lowest BCUT2D eigenvalue weighted by Crippen LogP contribution is -2.20. The number of ether oxygens (including phenoxy) is 1. The highest BCUT2D eigenvalue weighted by molar-refractivity contribution is 9.10. The second kappa shape index (κ2) is 5.02. The third kappa shape index (κ3) is 4.39. The van der Waals surface area contributed by atoms with Crippen molar-refractivity contribution in [1.29, 1.82) is 0 Å². The smallest absolute Gasteiger partial charge is 0.422 e. The summed E-state index contributed by atoms with van der Waals surface area (Å²) < 4.78 is 39.0. The van der Waals surface area contributed by atoms with Crippen molar-refractivity contribution in [3.63, 3.8) is 0 Å². The first-order valence-corrected chi connectivity index (χ1v) is 5.61. The van der Waals surface area contributed by atoms with E-state index in [4.69, 9.17) is 23.2 Å². The zero-order chi connectivity index (χ0) is 12.4. The SMILES string of the molecule is FC(F)(F)COc1ccccc1C(Cl)(Cl)Br. The predicted octanol–water partition coefficient (Wildman–Crippen LogP) is 4.61. The molecule has 0 saturated heterocycles. The maximum absolute atomic E-state index is 12.0. The van der Waals surface area contributed by atoms with Gasteiger partial charge in [0.2, 0.25) is 3.24 Å². The van der Waals surface area contributed by atoms with Crippen LogP contribution in [0.15, 0.2) is 24.3 Å². The molecule has 0 unspecified atom stereocenters. The van der Waals surface area contributed by atoms with Gasteiger partial charge >= 0.3 is 6.18 Å². The van der Waals surface area contributed by atoms with Gasteiger partial charge in [-0.15, -0.1) is 0 Å². The molecule has 7 heteroatoms. The summed E-state index contributed by atoms with van der Waals surface area (Å²) in [6.45, 7) is -1.39. The molecule has 1 aromatic rings. The number of halogens is 6. The van der Waals surface area contributed by atoms with Crippen molar-refractivity contribution < 1.29 is 17.9 Å². The zero-order valence-electron chi connectivity index (χ0n) is 7.69. The van der Waals surface area contributed by atoms with Gasteiger partial charge in [-0.1, -0.05) is 41.4 Å². The lowest BCUT2D eigenvalue weighted by atomic mass is 10.2. The van der Waals surface area contributed by atoms with Gasteiger partial charge in [0.25, 0.3) is 0 Å². The van der Waals surface area contributed by atoms with Crippen LogP contribution in [0.1, 0.15) is 5.56 Å². The number of alkyl halides is 6. The lowest BCUT2D eigenvalue weighted by molar-refractivity contribution is -0.153. The second-order valence-electron chi connectivity index (χ2n) is 2.90. The highest BCUT2D eigenvalue weighted by atomic mass is 79.9. The average molecular weight is 338 g/mol. The molecule has 0 saturated carbocycles. The Hall–Kier alpha value is -0.130. The molecule has 16 heavy (non-hydrogen) atoms. The van der Waals surface area contributed by atoms with Crippen molar-refractivity contribution in [2.75, 3.05) is 6.61 Å². The minimum absolute atomic E-state index is 0.0123. The van der Waals surface area contributed by atoms with E-state index < -0.39 is 16.0 Å². The standard InChI is InChI=1S/C9H6BrCl2F3O/c10-9(11,12)6-3-1-2-4-7(6)16-5-8(13,14)15/h1-4H,5H2. The third-order valence-corrected chi connectivity index (χ3v) is 2.42. The number of para-hydroxylation sites is 1. The van der Waals surface area contributed by atoms with Gasteiger partial charge in [-0.05, 0) is 22.0 Å². The quantitative estimate of drug-likeness (QED) is 0.732. The van der Waals surface area contributed by atoms with Crippen molar-refractivity contribution in [3.8, 4) is 5.75 Å². The Bertz CT molecular complexity index is 363. The minimum Gasteiger partial charge on any atom is -0.484 e. The third-order valence-electron chi connectivity index (χ3n) is 1.58. The maximum Gasteiger partial charge on any atom is 0.422 e. The molecule has 90 valence electrons. The molecular formula is C9H6BrCl2F3O. The van der Waals surface area contributed by atoms with Gasteiger partial charge < -0.3 is 4.74 Å². The maximum atomic E-state index is 12.0. The van der Waals surface area contributed by atoms with Crippen molar-refractivity contribution >= 4 is 39.1 Å². The number of rotatable bonds is 3. The van der Waals surface area contributed by atoms with E-state index in [0.717, 1.165) is 0 Å². The molecule has 0 aliphatic carbocycles. The molecule has 0 heterocycles. The molecule has 0 aliphatic heterocycles. The fourth-order valence-corrected chi connectivity index (χ4v) is 1.63. The average Bonchev–Trinajstić information content (AvgIpc) is 2.12. The Balaban J connectivity index is 2.88. The van der Waals surface area contributed by atoms with Crippen LogP contribution < -0.4 is 4.74 Å². The van der Waals surface area contributed by atoms with E-state index in [-0.39, 0.29) is 11.3 Å². The number of hydrogen-bond acceptors (Lipinski definition) is 1. The van der Waals surface area contributed by atoms with Crippen LogP contribution in [0.3, 0.4) is 0 Å². The highest BCUT2D eigenvalue weighted by Gasteiger charge is 2.31. The van der Waals surface area contributed by atoms with Gasteiger partial charge in [0.05, 0.1) is 0 Å². The highest BCUT2D eigenvalue weighted by Crippen LogP contribution is 2.44. The van der Waals surface area contributed by atoms with E-state index in [9.17, 15) is 13.2 Å². The molecular weight excluding hydrogens is 332 g/mol. The Morgan fingerprint density at radius 1 is 1.19 bits per heavy atom. The zero-order valence-corrected chi connectivity index (χ0v) is 10.8. The fourth-order valence-electron chi connectivity index (χ4n) is 0.986. The van der Waals surface area contributed by atoms with Crippen LogP contribution in [0.25, 0.3) is 0 Å². The topological polar surface area (TPSA) is 9.23 Å². The predicted molar refractivity (Wildman–Crippen MR) is 60.3 cm³/mol. The van der Waals surface area contributed by atoms with Crippen LogP contribution in [-0.4, -0.2) is 12.8 Å². The van der Waals surface area contributed by atoms with Gasteiger partial charge in [-0.25, -0.2) is 0 Å². The molecule has 0 aromatic heterocycles. The van der Waals surface area contributed by atoms with Crippen molar-refractivity contribution in [2.24, 2.45) is 0 Å². The molecule has 1 nitrogen and oxygen atoms in total. The molecule has 0 spiro atoms. The van der Waals surface area contributed by atoms with Gasteiger partial charge in [-0.3, -0.25) is 0 Å². The van der Waals surface area contributed by atoms with E-state index in [2.05, 4.69) is 20.7 Å². The van der Waals surface area contributed by atoms with E-state index in [0.29, 0.717) is 0 Å². The normalized spacial score (nSPS) is 12.6. The Labute approximate surface area is 109 Å². The Morgan fingerprint density at radius 3 is 2.25 bits per heavy atom. The molecule has 0 fully saturated rings. The molecule has 0 N–H and O–H groups in total. The number of benzene rings is 1. The molecule has 0 atom stereocenters. The largest absolute Gasteiger partial charge is 0.484 e. The first-order chi connectivity index (χ1) is 7.20. The molecule has 1 rings (SSSR count). The monoisotopic (exact) mass is 336 g/mol. The molecule has 1 aromatic carbocycles. The summed E-state index contributed by atoms with van der Waals surface area (Å²) in [6.07, 6.45) is -4.40. The molecule has 0 radical (unpaired) electrons. The lowest BCUT2D eigenvalue weighted by Gasteiger charge is -2.17. The van der Waals surface area contributed by atoms with Crippen LogP contribution >= 0.6 is 39.1 Å². The summed E-state index contributed by atoms with van der Waals surface area (Å²) in [5, 5.41) is 0. The van der Waals surface area contributed by atoms with Crippen LogP contribution in [0, 0.1) is 0 Å². The van der Waals surface area contributed by atoms with Crippen molar-refractivity contribution in [2.45, 2.75) is 9.42 Å². The van der Waals surface area contributed by atoms with E-state index >= 15 is 0 Å². The first-order valence-electron chi connectivity index (χ1n) is 4.06. The van der Waals surface area contributed by atoms with Gasteiger partial charge in [0.1, 0.15) is 5.75 Å². The summed E-state index contributed by atoms with van der Waals surface area (Å²) >= 11 is 14.4. The van der Waals surface area contributed by atoms with Crippen LogP contribution in [0.2, 0.25) is 0 Å². The van der Waals surface area contributed by atoms with E-state index in [1.165, 1.54) is 18.2 Å². The van der Waals surface area contributed by atoms with Crippen LogP contribution in [-0.2, 0) is 3.24 Å². The summed E-state index contributed by atoms with van der Waals surface area (Å²) in [4.78, 5) is 0. The van der Waals surface area contributed by atoms with Gasteiger partial charge in [0, 0.05) is 5.56 Å². The second-order valence-corrected chi connectivity index (χ2v) is 6.33. The molecule has 0 aliphatic rings. The van der Waals surface area contributed by atoms with Gasteiger partial charge in [0.15, 0.2) is 6.61 Å². The van der Waals surface area contributed by atoms with Crippen LogP contribution in [0.4, 0.5) is 13.2 Å². The summed E-state index contributed by atoms with van der Waals surface area (Å²) in [5.74, 6) is -0.0123. The van der Waals surface area contributed by atoms with Gasteiger partial charge in [-0.2, -0.15) is 13.2 Å². The molecule has 0 amide bonds. The van der Waals surface area contributed by atoms with Crippen LogP contribution in [0.5, 0.6) is 5.75 Å². The van der Waals surface area contributed by atoms with Crippen molar-refractivity contribution in [3.05, 3.63) is 29.8 Å². The van der Waals surface area contributed by atoms with Crippen molar-refractivity contribution in [1.82, 2.24) is 0 Å². The van der Waals surface area contributed by atoms with E-state index in [1.54, 1.807) is 6.07 Å².